The van der Waals surface area contributed by atoms with Crippen LogP contribution >= 0.6 is 0 Å². The van der Waals surface area contributed by atoms with Gasteiger partial charge in [-0.25, -0.2) is 12.7 Å². The summed E-state index contributed by atoms with van der Waals surface area (Å²) in [6.07, 6.45) is 10.7. The number of hydrogen-bond acceptors (Lipinski definition) is 4. The maximum atomic E-state index is 11.7. The number of nitrogens with one attached hydrogen (secondary N) is 1. The first-order chi connectivity index (χ1) is 9.85. The third-order valence-electron chi connectivity index (χ3n) is 5.56. The zero-order valence-corrected chi connectivity index (χ0v) is 14.3. The average molecular weight is 317 g/mol. The molecule has 0 radical (unpaired) electrons. The van der Waals surface area contributed by atoms with Crippen molar-refractivity contribution in [1.82, 2.24) is 9.73 Å². The van der Waals surface area contributed by atoms with Crippen molar-refractivity contribution in [3.05, 3.63) is 0 Å². The Bertz CT molecular complexity index is 432. The summed E-state index contributed by atoms with van der Waals surface area (Å²) in [4.78, 5) is 0. The van der Waals surface area contributed by atoms with Crippen LogP contribution in [0.15, 0.2) is 0 Å². The van der Waals surface area contributed by atoms with Crippen molar-refractivity contribution in [3.8, 4) is 0 Å². The molecule has 1 saturated heterocycles. The van der Waals surface area contributed by atoms with Gasteiger partial charge in [-0.3, -0.25) is 11.3 Å². The van der Waals surface area contributed by atoms with Crippen molar-refractivity contribution >= 4 is 10.0 Å². The highest BCUT2D eigenvalue weighted by Crippen LogP contribution is 2.41. The molecular weight excluding hydrogens is 286 g/mol. The van der Waals surface area contributed by atoms with Gasteiger partial charge in [-0.05, 0) is 43.4 Å². The van der Waals surface area contributed by atoms with E-state index in [0.717, 1.165) is 19.3 Å². The van der Waals surface area contributed by atoms with Gasteiger partial charge < -0.3 is 0 Å². The SMILES string of the molecule is CC1(C(CC2CCCN(S(C)(=O)=O)C2)NN)CCCCC1. The van der Waals surface area contributed by atoms with E-state index in [1.165, 1.54) is 38.4 Å². The fraction of sp³-hybridized carbons (Fsp3) is 1.00. The molecule has 3 N–H and O–H groups in total. The van der Waals surface area contributed by atoms with Crippen LogP contribution in [0.5, 0.6) is 0 Å². The molecule has 0 spiro atoms. The van der Waals surface area contributed by atoms with Crippen molar-refractivity contribution in [2.75, 3.05) is 19.3 Å². The van der Waals surface area contributed by atoms with Crippen LogP contribution < -0.4 is 11.3 Å². The van der Waals surface area contributed by atoms with Gasteiger partial charge in [0.1, 0.15) is 0 Å². The van der Waals surface area contributed by atoms with Crippen LogP contribution in [-0.4, -0.2) is 38.1 Å². The molecule has 2 aliphatic rings. The van der Waals surface area contributed by atoms with E-state index in [1.807, 2.05) is 0 Å². The van der Waals surface area contributed by atoms with E-state index < -0.39 is 10.0 Å². The van der Waals surface area contributed by atoms with Crippen LogP contribution in [-0.2, 0) is 10.0 Å². The second kappa shape index (κ2) is 6.94. The summed E-state index contributed by atoms with van der Waals surface area (Å²) in [5.74, 6) is 6.27. The summed E-state index contributed by atoms with van der Waals surface area (Å²) in [6, 6.07) is 0.294. The van der Waals surface area contributed by atoms with Gasteiger partial charge in [-0.15, -0.1) is 0 Å². The highest BCUT2D eigenvalue weighted by atomic mass is 32.2. The lowest BCUT2D eigenvalue weighted by molar-refractivity contribution is 0.112. The lowest BCUT2D eigenvalue weighted by atomic mass is 9.68. The number of sulfonamides is 1. The van der Waals surface area contributed by atoms with E-state index in [1.54, 1.807) is 4.31 Å². The highest BCUT2D eigenvalue weighted by Gasteiger charge is 2.37. The van der Waals surface area contributed by atoms with Gasteiger partial charge >= 0.3 is 0 Å². The molecule has 1 aliphatic heterocycles. The van der Waals surface area contributed by atoms with E-state index >= 15 is 0 Å². The molecule has 0 aromatic carbocycles. The van der Waals surface area contributed by atoms with Crippen LogP contribution in [0.2, 0.25) is 0 Å². The zero-order valence-electron chi connectivity index (χ0n) is 13.5. The number of rotatable bonds is 5. The molecule has 1 saturated carbocycles. The van der Waals surface area contributed by atoms with Gasteiger partial charge in [0.05, 0.1) is 6.26 Å². The molecule has 5 nitrogen and oxygen atoms in total. The molecule has 1 aliphatic carbocycles. The second-order valence-electron chi connectivity index (χ2n) is 7.30. The summed E-state index contributed by atoms with van der Waals surface area (Å²) >= 11 is 0. The third kappa shape index (κ3) is 4.41. The van der Waals surface area contributed by atoms with Gasteiger partial charge in [0.25, 0.3) is 0 Å². The molecular formula is C15H31N3O2S. The van der Waals surface area contributed by atoms with Crippen LogP contribution in [0.4, 0.5) is 0 Å². The maximum Gasteiger partial charge on any atom is 0.211 e. The molecule has 124 valence electrons. The van der Waals surface area contributed by atoms with Crippen LogP contribution in [0.1, 0.15) is 58.3 Å². The Hall–Kier alpha value is -0.170. The minimum absolute atomic E-state index is 0.264. The molecule has 0 bridgehead atoms. The Morgan fingerprint density at radius 1 is 1.29 bits per heavy atom. The number of nitrogens with zero attached hydrogens (tertiary/aromatic N) is 1. The van der Waals surface area contributed by atoms with Crippen molar-refractivity contribution in [3.63, 3.8) is 0 Å². The molecule has 0 aromatic heterocycles. The maximum absolute atomic E-state index is 11.7. The summed E-state index contributed by atoms with van der Waals surface area (Å²) in [5, 5.41) is 0. The lowest BCUT2D eigenvalue weighted by Gasteiger charge is -2.43. The minimum atomic E-state index is -3.06. The molecule has 0 amide bonds. The summed E-state index contributed by atoms with van der Waals surface area (Å²) in [7, 11) is -3.06. The largest absolute Gasteiger partial charge is 0.271 e. The van der Waals surface area contributed by atoms with E-state index in [0.29, 0.717) is 25.0 Å². The van der Waals surface area contributed by atoms with Gasteiger partial charge in [-0.2, -0.15) is 0 Å². The normalized spacial score (nSPS) is 29.2. The van der Waals surface area contributed by atoms with Crippen molar-refractivity contribution in [1.29, 1.82) is 0 Å². The van der Waals surface area contributed by atoms with E-state index in [2.05, 4.69) is 12.3 Å². The Kier molecular flexibility index (Phi) is 5.68. The number of hydrazine groups is 1. The lowest BCUT2D eigenvalue weighted by Crippen LogP contribution is -2.50. The van der Waals surface area contributed by atoms with E-state index in [4.69, 9.17) is 5.84 Å². The Morgan fingerprint density at radius 2 is 1.95 bits per heavy atom. The first-order valence-electron chi connectivity index (χ1n) is 8.26. The number of hydrogen-bond donors (Lipinski definition) is 2. The average Bonchev–Trinajstić information content (AvgIpc) is 2.45. The second-order valence-corrected chi connectivity index (χ2v) is 9.28. The molecule has 2 unspecified atom stereocenters. The smallest absolute Gasteiger partial charge is 0.211 e. The van der Waals surface area contributed by atoms with E-state index in [9.17, 15) is 8.42 Å². The molecule has 21 heavy (non-hydrogen) atoms. The Morgan fingerprint density at radius 3 is 2.52 bits per heavy atom. The Balaban J connectivity index is 1.98. The monoisotopic (exact) mass is 317 g/mol. The fourth-order valence-electron chi connectivity index (χ4n) is 4.12. The molecule has 0 aromatic rings. The van der Waals surface area contributed by atoms with Gasteiger partial charge in [0, 0.05) is 19.1 Å². The molecule has 2 fully saturated rings. The third-order valence-corrected chi connectivity index (χ3v) is 6.83. The van der Waals surface area contributed by atoms with Crippen LogP contribution in [0, 0.1) is 11.3 Å². The molecule has 2 atom stereocenters. The summed E-state index contributed by atoms with van der Waals surface area (Å²) in [6.45, 7) is 3.67. The summed E-state index contributed by atoms with van der Waals surface area (Å²) < 4.78 is 25.1. The number of nitrogens with two attached hydrogens (primary N) is 1. The van der Waals surface area contributed by atoms with Crippen LogP contribution in [0.25, 0.3) is 0 Å². The first kappa shape index (κ1) is 17.2. The molecule has 1 heterocycles. The standard InChI is InChI=1S/C15H31N3O2S/c1-15(8-4-3-5-9-15)14(17-16)11-13-7-6-10-18(12-13)21(2,19)20/h13-14,17H,3-12,16H2,1-2H3. The van der Waals surface area contributed by atoms with Gasteiger partial charge in [-0.1, -0.05) is 26.2 Å². The quantitative estimate of drug-likeness (QED) is 0.599. The topological polar surface area (TPSA) is 75.4 Å². The first-order valence-corrected chi connectivity index (χ1v) is 10.1. The van der Waals surface area contributed by atoms with Gasteiger partial charge in [0.15, 0.2) is 0 Å². The zero-order chi connectivity index (χ0) is 15.5. The highest BCUT2D eigenvalue weighted by molar-refractivity contribution is 7.88. The predicted octanol–water partition coefficient (Wildman–Crippen LogP) is 1.85. The predicted molar refractivity (Wildman–Crippen MR) is 86.1 cm³/mol. The van der Waals surface area contributed by atoms with Crippen molar-refractivity contribution in [2.45, 2.75) is 64.3 Å². The van der Waals surface area contributed by atoms with Crippen molar-refractivity contribution < 1.29 is 8.42 Å². The summed E-state index contributed by atoms with van der Waals surface area (Å²) in [5.41, 5.74) is 3.31. The number of piperidine rings is 1. The van der Waals surface area contributed by atoms with E-state index in [-0.39, 0.29) is 5.41 Å². The van der Waals surface area contributed by atoms with Crippen LogP contribution in [0.3, 0.4) is 0 Å². The molecule has 2 rings (SSSR count). The van der Waals surface area contributed by atoms with Crippen molar-refractivity contribution in [2.24, 2.45) is 17.2 Å². The minimum Gasteiger partial charge on any atom is -0.271 e. The fourth-order valence-corrected chi connectivity index (χ4v) is 5.06. The van der Waals surface area contributed by atoms with Gasteiger partial charge in [0.2, 0.25) is 10.0 Å². The molecule has 6 heteroatoms. The Labute approximate surface area is 129 Å².